The van der Waals surface area contributed by atoms with Gasteiger partial charge in [0.05, 0.1) is 21.5 Å². The SMILES string of the molecule is C=C[C@H]1CN2CC[C@H]1C[C@H]2[C@H](SS[C@H](c1ccnc2ccccc12)[C@@H]1C[C@@H]2CCN1C[C@@H]2C=C)c1ccnc2ccccc12. The topological polar surface area (TPSA) is 32.3 Å². The molecule has 0 spiro atoms. The summed E-state index contributed by atoms with van der Waals surface area (Å²) in [6, 6.07) is 23.1. The van der Waals surface area contributed by atoms with Crippen LogP contribution in [0.3, 0.4) is 0 Å². The predicted octanol–water partition coefficient (Wildman–Crippen LogP) is 8.74. The normalized spacial score (nSPS) is 32.5. The van der Waals surface area contributed by atoms with Gasteiger partial charge in [0.15, 0.2) is 0 Å². The Hall–Kier alpha value is -2.64. The van der Waals surface area contributed by atoms with E-state index in [9.17, 15) is 0 Å². The first kappa shape index (κ1) is 28.8. The first-order valence-electron chi connectivity index (χ1n) is 16.4. The maximum Gasteiger partial charge on any atom is 0.0705 e. The van der Waals surface area contributed by atoms with Gasteiger partial charge in [-0.25, -0.2) is 0 Å². The Labute approximate surface area is 269 Å². The fourth-order valence-electron chi connectivity index (χ4n) is 8.88. The van der Waals surface area contributed by atoms with Crippen molar-refractivity contribution in [3.63, 3.8) is 0 Å². The molecule has 44 heavy (non-hydrogen) atoms. The van der Waals surface area contributed by atoms with Gasteiger partial charge < -0.3 is 0 Å². The molecule has 4 nitrogen and oxygen atoms in total. The van der Waals surface area contributed by atoms with E-state index < -0.39 is 0 Å². The lowest BCUT2D eigenvalue weighted by atomic mass is 9.74. The Kier molecular flexibility index (Phi) is 8.04. The summed E-state index contributed by atoms with van der Waals surface area (Å²) in [6.45, 7) is 13.1. The number of pyridine rings is 2. The average Bonchev–Trinajstić information content (AvgIpc) is 3.10. The second-order valence-electron chi connectivity index (χ2n) is 13.4. The highest BCUT2D eigenvalue weighted by atomic mass is 33.1. The van der Waals surface area contributed by atoms with Crippen molar-refractivity contribution in [2.75, 3.05) is 26.2 Å². The van der Waals surface area contributed by atoms with E-state index in [4.69, 9.17) is 9.97 Å². The van der Waals surface area contributed by atoms with Gasteiger partial charge in [-0.05, 0) is 97.8 Å². The van der Waals surface area contributed by atoms with Crippen molar-refractivity contribution < 1.29 is 0 Å². The predicted molar refractivity (Wildman–Crippen MR) is 188 cm³/mol. The van der Waals surface area contributed by atoms with Gasteiger partial charge in [0, 0.05) is 48.3 Å². The molecule has 6 saturated heterocycles. The van der Waals surface area contributed by atoms with Gasteiger partial charge in [0.25, 0.3) is 0 Å². The minimum atomic E-state index is 0.355. The number of para-hydroxylation sites is 2. The maximum absolute atomic E-state index is 4.77. The smallest absolute Gasteiger partial charge is 0.0705 e. The molecule has 8 heterocycles. The summed E-state index contributed by atoms with van der Waals surface area (Å²) in [5.41, 5.74) is 5.08. The van der Waals surface area contributed by atoms with Crippen LogP contribution in [0.2, 0.25) is 0 Å². The summed E-state index contributed by atoms with van der Waals surface area (Å²) in [6.07, 6.45) is 13.6. The zero-order chi connectivity index (χ0) is 29.6. The lowest BCUT2D eigenvalue weighted by molar-refractivity contribution is 0.0179. The molecule has 0 amide bonds. The number of benzene rings is 2. The van der Waals surface area contributed by atoms with Crippen molar-refractivity contribution in [1.82, 2.24) is 19.8 Å². The Morgan fingerprint density at radius 3 is 1.52 bits per heavy atom. The van der Waals surface area contributed by atoms with E-state index >= 15 is 0 Å². The molecule has 0 saturated carbocycles. The quantitative estimate of drug-likeness (QED) is 0.138. The summed E-state index contributed by atoms with van der Waals surface area (Å²) in [7, 11) is 4.28. The lowest BCUT2D eigenvalue weighted by Crippen LogP contribution is -2.54. The van der Waals surface area contributed by atoms with Crippen LogP contribution < -0.4 is 0 Å². The van der Waals surface area contributed by atoms with Crippen LogP contribution in [0.25, 0.3) is 21.8 Å². The zero-order valence-corrected chi connectivity index (χ0v) is 27.0. The second kappa shape index (κ2) is 12.3. The standard InChI is InChI=1S/C38H42N4S2/c1-3-25-23-41-19-15-27(25)21-35(41)37(31-13-17-39-33-11-7-5-9-29(31)33)43-44-38(32-14-18-40-34-12-8-6-10-30(32)34)36-22-28-16-20-42(36)24-26(28)4-2/h3-14,17-18,25-28,35-38H,1-2,15-16,19-24H2/t25-,26-,27-,28-,35-,36-,37+,38+/m0/s1. The molecule has 0 radical (unpaired) electrons. The molecule has 4 bridgehead atoms. The highest BCUT2D eigenvalue weighted by Gasteiger charge is 2.46. The number of rotatable bonds is 9. The molecule has 10 atom stereocenters. The first-order valence-corrected chi connectivity index (χ1v) is 18.7. The summed E-state index contributed by atoms with van der Waals surface area (Å²) < 4.78 is 0. The van der Waals surface area contributed by atoms with Gasteiger partial charge in [-0.15, -0.1) is 13.2 Å². The van der Waals surface area contributed by atoms with E-state index in [1.54, 1.807) is 0 Å². The highest BCUT2D eigenvalue weighted by Crippen LogP contribution is 2.57. The van der Waals surface area contributed by atoms with Gasteiger partial charge in [0.2, 0.25) is 0 Å². The maximum atomic E-state index is 4.77. The van der Waals surface area contributed by atoms with Crippen molar-refractivity contribution in [3.8, 4) is 0 Å². The average molecular weight is 619 g/mol. The molecule has 6 aliphatic heterocycles. The molecule has 10 rings (SSSR count). The lowest BCUT2D eigenvalue weighted by Gasteiger charge is -2.52. The van der Waals surface area contributed by atoms with Gasteiger partial charge in [-0.3, -0.25) is 19.8 Å². The van der Waals surface area contributed by atoms with Crippen LogP contribution in [0.1, 0.15) is 47.3 Å². The van der Waals surface area contributed by atoms with Crippen LogP contribution in [-0.2, 0) is 0 Å². The van der Waals surface area contributed by atoms with E-state index in [-0.39, 0.29) is 0 Å². The minimum absolute atomic E-state index is 0.355. The van der Waals surface area contributed by atoms with Gasteiger partial charge in [-0.2, -0.15) is 0 Å². The molecule has 2 unspecified atom stereocenters. The summed E-state index contributed by atoms with van der Waals surface area (Å²) in [4.78, 5) is 15.1. The van der Waals surface area contributed by atoms with Crippen molar-refractivity contribution in [2.24, 2.45) is 23.7 Å². The van der Waals surface area contributed by atoms with Crippen molar-refractivity contribution in [1.29, 1.82) is 0 Å². The van der Waals surface area contributed by atoms with E-state index in [1.807, 2.05) is 12.4 Å². The fraction of sp³-hybridized carbons (Fsp3) is 0.421. The van der Waals surface area contributed by atoms with Gasteiger partial charge in [0.1, 0.15) is 0 Å². The monoisotopic (exact) mass is 618 g/mol. The third-order valence-corrected chi connectivity index (χ3v) is 14.5. The molecule has 4 aromatic rings. The summed E-state index contributed by atoms with van der Waals surface area (Å²) in [5, 5.41) is 3.31. The fourth-order valence-corrected chi connectivity index (χ4v) is 12.7. The molecule has 226 valence electrons. The van der Waals surface area contributed by atoms with Crippen LogP contribution in [0.5, 0.6) is 0 Å². The van der Waals surface area contributed by atoms with Crippen LogP contribution in [0.15, 0.2) is 98.4 Å². The Morgan fingerprint density at radius 2 is 1.11 bits per heavy atom. The summed E-state index contributed by atoms with van der Waals surface area (Å²) in [5.74, 6) is 2.71. The van der Waals surface area contributed by atoms with Crippen LogP contribution in [0, 0.1) is 23.7 Å². The molecule has 0 aliphatic carbocycles. The molecule has 0 N–H and O–H groups in total. The minimum Gasteiger partial charge on any atom is -0.298 e. The number of piperidine rings is 6. The van der Waals surface area contributed by atoms with E-state index in [1.165, 1.54) is 60.7 Å². The van der Waals surface area contributed by atoms with E-state index in [0.29, 0.717) is 34.4 Å². The third kappa shape index (κ3) is 5.12. The van der Waals surface area contributed by atoms with Crippen LogP contribution in [0.4, 0.5) is 0 Å². The summed E-state index contributed by atoms with van der Waals surface area (Å²) >= 11 is 0. The molecule has 6 aliphatic rings. The van der Waals surface area contributed by atoms with E-state index in [0.717, 1.165) is 36.0 Å². The first-order chi connectivity index (χ1) is 21.7. The molecule has 2 aromatic carbocycles. The third-order valence-electron chi connectivity index (χ3n) is 11.2. The highest BCUT2D eigenvalue weighted by molar-refractivity contribution is 8.76. The molecule has 6 heteroatoms. The number of aromatic nitrogens is 2. The van der Waals surface area contributed by atoms with Crippen molar-refractivity contribution in [2.45, 2.75) is 48.3 Å². The van der Waals surface area contributed by atoms with Gasteiger partial charge >= 0.3 is 0 Å². The largest absolute Gasteiger partial charge is 0.298 e. The number of nitrogens with zero attached hydrogens (tertiary/aromatic N) is 4. The van der Waals surface area contributed by atoms with Gasteiger partial charge in [-0.1, -0.05) is 70.1 Å². The number of fused-ring (bicyclic) bond motifs is 8. The molecule has 2 aromatic heterocycles. The number of hydrogen-bond donors (Lipinski definition) is 0. The van der Waals surface area contributed by atoms with Crippen molar-refractivity contribution >= 4 is 43.4 Å². The van der Waals surface area contributed by atoms with Crippen molar-refractivity contribution in [3.05, 3.63) is 109 Å². The Morgan fingerprint density at radius 1 is 0.659 bits per heavy atom. The van der Waals surface area contributed by atoms with Crippen LogP contribution >= 0.6 is 21.6 Å². The van der Waals surface area contributed by atoms with Crippen LogP contribution in [-0.4, -0.2) is 58.0 Å². The molecule has 6 fully saturated rings. The molecular weight excluding hydrogens is 577 g/mol. The number of hydrogen-bond acceptors (Lipinski definition) is 6. The van der Waals surface area contributed by atoms with E-state index in [2.05, 4.69) is 117 Å². The second-order valence-corrected chi connectivity index (χ2v) is 15.9. The zero-order valence-electron chi connectivity index (χ0n) is 25.4. The Balaban J connectivity index is 1.19. The molecular formula is C38H42N4S2. The Bertz CT molecular complexity index is 1540.